The number of nitrogens with zero attached hydrogens (tertiary/aromatic N) is 2. The van der Waals surface area contributed by atoms with Gasteiger partial charge in [0.15, 0.2) is 0 Å². The van der Waals surface area contributed by atoms with Gasteiger partial charge in [-0.05, 0) is 42.2 Å². The summed E-state index contributed by atoms with van der Waals surface area (Å²) in [5.41, 5.74) is 2.66. The third kappa shape index (κ3) is 4.99. The lowest BCUT2D eigenvalue weighted by Crippen LogP contribution is -2.44. The molecular weight excluding hydrogens is 380 g/mol. The van der Waals surface area contributed by atoms with Crippen LogP contribution in [0.2, 0.25) is 0 Å². The van der Waals surface area contributed by atoms with Gasteiger partial charge in [0.2, 0.25) is 11.8 Å². The highest BCUT2D eigenvalue weighted by atomic mass is 32.2. The summed E-state index contributed by atoms with van der Waals surface area (Å²) in [6, 6.07) is 8.80. The van der Waals surface area contributed by atoms with Crippen molar-refractivity contribution in [2.45, 2.75) is 70.4 Å². The Labute approximate surface area is 180 Å². The van der Waals surface area contributed by atoms with Crippen LogP contribution in [0.5, 0.6) is 0 Å². The molecule has 2 aliphatic heterocycles. The van der Waals surface area contributed by atoms with Gasteiger partial charge in [-0.15, -0.1) is 11.8 Å². The van der Waals surface area contributed by atoms with Crippen LogP contribution in [0.15, 0.2) is 24.3 Å². The Bertz CT molecular complexity index is 730. The molecule has 29 heavy (non-hydrogen) atoms. The van der Waals surface area contributed by atoms with E-state index in [2.05, 4.69) is 49.9 Å². The van der Waals surface area contributed by atoms with Crippen molar-refractivity contribution < 1.29 is 9.59 Å². The van der Waals surface area contributed by atoms with Gasteiger partial charge >= 0.3 is 0 Å². The molecule has 3 rings (SSSR count). The molecule has 0 aliphatic carbocycles. The second-order valence-corrected chi connectivity index (χ2v) is 11.3. The van der Waals surface area contributed by atoms with E-state index < -0.39 is 0 Å². The van der Waals surface area contributed by atoms with Crippen molar-refractivity contribution in [1.82, 2.24) is 9.80 Å². The van der Waals surface area contributed by atoms with E-state index in [1.807, 2.05) is 25.7 Å². The predicted octanol–water partition coefficient (Wildman–Crippen LogP) is 4.84. The Kier molecular flexibility index (Phi) is 6.67. The zero-order valence-electron chi connectivity index (χ0n) is 18.8. The van der Waals surface area contributed by atoms with Crippen molar-refractivity contribution >= 4 is 23.6 Å². The molecule has 0 bridgehead atoms. The summed E-state index contributed by atoms with van der Waals surface area (Å²) in [6.07, 6.45) is 1.97. The second kappa shape index (κ2) is 8.71. The number of thioether (sulfide) groups is 1. The van der Waals surface area contributed by atoms with Gasteiger partial charge in [0.05, 0.1) is 5.25 Å². The number of hydrogen-bond donors (Lipinski definition) is 0. The molecule has 0 radical (unpaired) electrons. The molecule has 0 saturated carbocycles. The number of amides is 2. The Morgan fingerprint density at radius 1 is 1.14 bits per heavy atom. The summed E-state index contributed by atoms with van der Waals surface area (Å²) in [5.74, 6) is 1.03. The lowest BCUT2D eigenvalue weighted by Gasteiger charge is -2.36. The van der Waals surface area contributed by atoms with E-state index in [4.69, 9.17) is 0 Å². The number of hydrogen-bond acceptors (Lipinski definition) is 3. The maximum absolute atomic E-state index is 12.9. The van der Waals surface area contributed by atoms with Crippen LogP contribution < -0.4 is 0 Å². The molecule has 0 N–H and O–H groups in total. The molecule has 2 unspecified atom stereocenters. The molecule has 1 aromatic rings. The fraction of sp³-hybridized carbons (Fsp3) is 0.667. The van der Waals surface area contributed by atoms with Crippen LogP contribution in [-0.4, -0.2) is 46.5 Å². The van der Waals surface area contributed by atoms with Crippen molar-refractivity contribution in [3.8, 4) is 0 Å². The molecule has 5 heteroatoms. The number of piperidine rings is 1. The minimum atomic E-state index is 0.00454. The van der Waals surface area contributed by atoms with Crippen LogP contribution in [0.3, 0.4) is 0 Å². The van der Waals surface area contributed by atoms with Crippen LogP contribution >= 0.6 is 11.8 Å². The van der Waals surface area contributed by atoms with Gasteiger partial charge in [-0.25, -0.2) is 0 Å². The largest absolute Gasteiger partial charge is 0.342 e. The molecule has 2 heterocycles. The minimum Gasteiger partial charge on any atom is -0.342 e. The first-order chi connectivity index (χ1) is 13.6. The van der Waals surface area contributed by atoms with Crippen LogP contribution in [0.1, 0.15) is 70.9 Å². The van der Waals surface area contributed by atoms with Crippen molar-refractivity contribution in [3.05, 3.63) is 35.4 Å². The zero-order chi connectivity index (χ0) is 21.3. The Morgan fingerprint density at radius 3 is 2.24 bits per heavy atom. The molecule has 0 aromatic heterocycles. The fourth-order valence-electron chi connectivity index (χ4n) is 4.25. The summed E-state index contributed by atoms with van der Waals surface area (Å²) in [5, 5.41) is 0.103. The highest BCUT2D eigenvalue weighted by Crippen LogP contribution is 2.44. The molecule has 2 saturated heterocycles. The lowest BCUT2D eigenvalue weighted by molar-refractivity contribution is -0.137. The van der Waals surface area contributed by atoms with E-state index in [0.717, 1.165) is 32.5 Å². The Morgan fingerprint density at radius 2 is 1.72 bits per heavy atom. The topological polar surface area (TPSA) is 40.6 Å². The van der Waals surface area contributed by atoms with Crippen molar-refractivity contribution in [3.63, 3.8) is 0 Å². The maximum Gasteiger partial charge on any atom is 0.236 e. The maximum atomic E-state index is 12.9. The summed E-state index contributed by atoms with van der Waals surface area (Å²) in [6.45, 7) is 15.0. The van der Waals surface area contributed by atoms with Gasteiger partial charge in [-0.2, -0.15) is 0 Å². The monoisotopic (exact) mass is 416 g/mol. The normalized spacial score (nSPS) is 23.9. The van der Waals surface area contributed by atoms with Gasteiger partial charge < -0.3 is 9.80 Å². The van der Waals surface area contributed by atoms with Gasteiger partial charge in [-0.3, -0.25) is 9.59 Å². The zero-order valence-corrected chi connectivity index (χ0v) is 19.6. The quantitative estimate of drug-likeness (QED) is 0.705. The number of benzene rings is 1. The van der Waals surface area contributed by atoms with E-state index in [1.165, 1.54) is 11.1 Å². The van der Waals surface area contributed by atoms with E-state index >= 15 is 0 Å². The summed E-state index contributed by atoms with van der Waals surface area (Å²) < 4.78 is 0. The molecule has 2 aliphatic rings. The van der Waals surface area contributed by atoms with Gasteiger partial charge in [0.25, 0.3) is 0 Å². The van der Waals surface area contributed by atoms with Gasteiger partial charge in [-0.1, -0.05) is 58.9 Å². The standard InChI is InChI=1S/C24H36N2O2S/c1-16(2)21(27)25-13-11-18(12-14-25)15-26-22(28)17(3)29-23(26)19-7-9-20(10-8-19)24(4,5)6/h7-10,16-18,23H,11-15H2,1-6H3. The smallest absolute Gasteiger partial charge is 0.236 e. The lowest BCUT2D eigenvalue weighted by atomic mass is 9.86. The number of carbonyl (C=O) groups is 2. The summed E-state index contributed by atoms with van der Waals surface area (Å²) in [7, 11) is 0. The number of rotatable bonds is 4. The van der Waals surface area contributed by atoms with Crippen LogP contribution in [0.25, 0.3) is 0 Å². The van der Waals surface area contributed by atoms with Crippen molar-refractivity contribution in [2.24, 2.45) is 11.8 Å². The predicted molar refractivity (Wildman–Crippen MR) is 121 cm³/mol. The third-order valence-electron chi connectivity index (χ3n) is 6.18. The summed E-state index contributed by atoms with van der Waals surface area (Å²) >= 11 is 1.76. The van der Waals surface area contributed by atoms with Crippen LogP contribution in [0.4, 0.5) is 0 Å². The number of likely N-dealkylation sites (tertiary alicyclic amines) is 1. The van der Waals surface area contributed by atoms with Crippen molar-refractivity contribution in [1.29, 1.82) is 0 Å². The molecule has 2 amide bonds. The first kappa shape index (κ1) is 22.2. The number of carbonyl (C=O) groups excluding carboxylic acids is 2. The molecular formula is C24H36N2O2S. The average Bonchev–Trinajstić information content (AvgIpc) is 2.96. The van der Waals surface area contributed by atoms with Gasteiger partial charge in [0.1, 0.15) is 5.37 Å². The highest BCUT2D eigenvalue weighted by molar-refractivity contribution is 8.01. The molecule has 4 nitrogen and oxygen atoms in total. The Hall–Kier alpha value is -1.49. The highest BCUT2D eigenvalue weighted by Gasteiger charge is 2.40. The SMILES string of the molecule is CC(C)C(=O)N1CCC(CN2C(=O)C(C)SC2c2ccc(C(C)(C)C)cc2)CC1. The summed E-state index contributed by atoms with van der Waals surface area (Å²) in [4.78, 5) is 29.2. The minimum absolute atomic E-state index is 0.00454. The molecule has 2 atom stereocenters. The first-order valence-corrected chi connectivity index (χ1v) is 11.9. The van der Waals surface area contributed by atoms with E-state index in [9.17, 15) is 9.59 Å². The van der Waals surface area contributed by atoms with E-state index in [-0.39, 0.29) is 33.8 Å². The third-order valence-corrected chi connectivity index (χ3v) is 7.58. The van der Waals surface area contributed by atoms with E-state index in [1.54, 1.807) is 11.8 Å². The Balaban J connectivity index is 1.67. The molecule has 160 valence electrons. The van der Waals surface area contributed by atoms with E-state index in [0.29, 0.717) is 5.92 Å². The second-order valence-electron chi connectivity index (χ2n) is 9.92. The average molecular weight is 417 g/mol. The fourth-order valence-corrected chi connectivity index (χ4v) is 5.53. The van der Waals surface area contributed by atoms with Crippen molar-refractivity contribution in [2.75, 3.05) is 19.6 Å². The molecule has 2 fully saturated rings. The molecule has 1 aromatic carbocycles. The first-order valence-electron chi connectivity index (χ1n) is 10.9. The van der Waals surface area contributed by atoms with Crippen LogP contribution in [0, 0.1) is 11.8 Å². The molecule has 0 spiro atoms. The van der Waals surface area contributed by atoms with Crippen LogP contribution in [-0.2, 0) is 15.0 Å². The van der Waals surface area contributed by atoms with Gasteiger partial charge in [0, 0.05) is 25.6 Å².